The lowest BCUT2D eigenvalue weighted by molar-refractivity contribution is -0.138. The van der Waals surface area contributed by atoms with Gasteiger partial charge < -0.3 is 39.9 Å². The average molecular weight is 909 g/mol. The standard InChI is InChI=1S/C46H52N8O8S2/c1-24(2)39(52-46(58)62-4)44(56)53-17-6-7-36(53)41-47-23-35(50-41)27-10-14-31-30-13-9-26(21-37(30)63-38(31)22-27)25-11-15-32-34(20-25)49-42(48-32)40-28-8-12-29(19-28)54(40)43(55)33(51-45(57)61-3)16-18-64(5,59)60/h9-11,13-15,20-24,28-29,33,36,39-40H,6-8,12,16-19H2,1-5H3,(H,47,50)(H,48,49)(H,51,57)(H,52,58)/t28-,29+,33-,36-,39?,40-/m0/s1. The monoisotopic (exact) mass is 908 g/mol. The summed E-state index contributed by atoms with van der Waals surface area (Å²) in [6, 6.07) is 16.7. The van der Waals surface area contributed by atoms with E-state index in [1.807, 2.05) is 35.9 Å². The fourth-order valence-corrected chi connectivity index (χ4v) is 11.8. The molecule has 2 bridgehead atoms. The van der Waals surface area contributed by atoms with Crippen molar-refractivity contribution in [2.45, 2.75) is 82.6 Å². The first-order valence-corrected chi connectivity index (χ1v) is 24.6. The van der Waals surface area contributed by atoms with Crippen LogP contribution in [-0.2, 0) is 28.9 Å². The molecule has 3 fully saturated rings. The predicted molar refractivity (Wildman–Crippen MR) is 244 cm³/mol. The van der Waals surface area contributed by atoms with Crippen molar-refractivity contribution in [2.24, 2.45) is 11.8 Å². The number of nitrogens with one attached hydrogen (secondary N) is 4. The molecule has 2 saturated heterocycles. The van der Waals surface area contributed by atoms with Gasteiger partial charge in [0.05, 0.1) is 55.0 Å². The summed E-state index contributed by atoms with van der Waals surface area (Å²) in [7, 11) is -0.889. The summed E-state index contributed by atoms with van der Waals surface area (Å²) in [6.07, 6.45) is 5.65. The van der Waals surface area contributed by atoms with Crippen molar-refractivity contribution < 1.29 is 37.1 Å². The molecule has 3 aliphatic rings. The summed E-state index contributed by atoms with van der Waals surface area (Å²) in [5, 5.41) is 7.60. The Balaban J connectivity index is 0.945. The Labute approximate surface area is 374 Å². The topological polar surface area (TPSA) is 209 Å². The molecule has 18 heteroatoms. The van der Waals surface area contributed by atoms with E-state index in [-0.39, 0.29) is 53.9 Å². The number of methoxy groups -OCH3 is 2. The molecule has 1 unspecified atom stereocenters. The van der Waals surface area contributed by atoms with Crippen LogP contribution in [0, 0.1) is 11.8 Å². The summed E-state index contributed by atoms with van der Waals surface area (Å²) in [6.45, 7) is 4.38. The number of carbonyl (C=O) groups is 4. The quantitative estimate of drug-likeness (QED) is 0.0968. The molecule has 3 aromatic heterocycles. The molecule has 4 amide bonds. The number of hydrogen-bond donors (Lipinski definition) is 4. The Bertz CT molecular complexity index is 2910. The molecule has 16 nitrogen and oxygen atoms in total. The van der Waals surface area contributed by atoms with E-state index in [1.165, 1.54) is 14.2 Å². The Morgan fingerprint density at radius 1 is 0.859 bits per heavy atom. The van der Waals surface area contributed by atoms with Gasteiger partial charge in [0.15, 0.2) is 0 Å². The van der Waals surface area contributed by atoms with Gasteiger partial charge in [0.2, 0.25) is 11.8 Å². The van der Waals surface area contributed by atoms with Gasteiger partial charge in [0.1, 0.15) is 33.6 Å². The van der Waals surface area contributed by atoms with Crippen molar-refractivity contribution in [1.29, 1.82) is 0 Å². The second-order valence-corrected chi connectivity index (χ2v) is 21.0. The zero-order valence-electron chi connectivity index (χ0n) is 36.3. The lowest BCUT2D eigenvalue weighted by Crippen LogP contribution is -2.52. The van der Waals surface area contributed by atoms with Crippen LogP contribution in [0.25, 0.3) is 53.6 Å². The molecule has 6 atom stereocenters. The van der Waals surface area contributed by atoms with Gasteiger partial charge in [-0.2, -0.15) is 0 Å². The number of aromatic amines is 2. The van der Waals surface area contributed by atoms with E-state index in [4.69, 9.17) is 19.4 Å². The molecule has 1 aliphatic carbocycles. The highest BCUT2D eigenvalue weighted by Crippen LogP contribution is 2.50. The minimum Gasteiger partial charge on any atom is -0.453 e. The number of sulfone groups is 1. The fraction of sp³-hybridized carbons (Fsp3) is 0.435. The number of hydrogen-bond acceptors (Lipinski definition) is 11. The molecule has 6 aromatic rings. The molecular formula is C46H52N8O8S2. The van der Waals surface area contributed by atoms with E-state index in [1.54, 1.807) is 11.3 Å². The molecule has 4 N–H and O–H groups in total. The van der Waals surface area contributed by atoms with Crippen molar-refractivity contribution >= 4 is 76.4 Å². The maximum atomic E-state index is 14.1. The SMILES string of the molecule is COC(=O)NC(C(=O)N1CCC[C@H]1c1ncc(-c2ccc3c(c2)sc2cc(-c4ccc5nc([C@@H]6[C@H]7CC[C@H](C7)N6C(=O)[C@H](CCS(C)(=O)=O)NC(=O)OC)[nH]c5c4)ccc23)[nH]1)C(C)C. The maximum absolute atomic E-state index is 14.1. The first-order chi connectivity index (χ1) is 30.7. The number of likely N-dealkylation sites (tertiary alicyclic amines) is 2. The molecule has 2 aliphatic heterocycles. The lowest BCUT2D eigenvalue weighted by Gasteiger charge is -2.36. The number of amides is 4. The van der Waals surface area contributed by atoms with Gasteiger partial charge in [-0.1, -0.05) is 44.2 Å². The first-order valence-electron chi connectivity index (χ1n) is 21.7. The van der Waals surface area contributed by atoms with E-state index in [0.717, 1.165) is 91.9 Å². The van der Waals surface area contributed by atoms with Crippen LogP contribution in [0.2, 0.25) is 0 Å². The number of alkyl carbamates (subject to hydrolysis) is 2. The van der Waals surface area contributed by atoms with Crippen LogP contribution >= 0.6 is 11.3 Å². The van der Waals surface area contributed by atoms with Crippen molar-refractivity contribution in [3.63, 3.8) is 0 Å². The summed E-state index contributed by atoms with van der Waals surface area (Å²) in [5.74, 6) is 0.723. The third-order valence-corrected chi connectivity index (χ3v) is 15.2. The lowest BCUT2D eigenvalue weighted by atomic mass is 9.97. The predicted octanol–water partition coefficient (Wildman–Crippen LogP) is 7.24. The first kappa shape index (κ1) is 43.3. The number of fused-ring (bicyclic) bond motifs is 6. The molecule has 1 saturated carbocycles. The zero-order chi connectivity index (χ0) is 45.0. The summed E-state index contributed by atoms with van der Waals surface area (Å²) in [4.78, 5) is 72.5. The molecule has 0 spiro atoms. The van der Waals surface area contributed by atoms with Crippen LogP contribution < -0.4 is 10.6 Å². The Kier molecular flexibility index (Phi) is 11.6. The number of aromatic nitrogens is 4. The molecule has 9 rings (SSSR count). The third-order valence-electron chi connectivity index (χ3n) is 13.1. The molecule has 3 aromatic carbocycles. The minimum absolute atomic E-state index is 0.0328. The highest BCUT2D eigenvalue weighted by atomic mass is 32.2. The van der Waals surface area contributed by atoms with Crippen molar-refractivity contribution in [2.75, 3.05) is 32.8 Å². The number of rotatable bonds is 12. The van der Waals surface area contributed by atoms with E-state index >= 15 is 0 Å². The van der Waals surface area contributed by atoms with Gasteiger partial charge >= 0.3 is 12.2 Å². The Morgan fingerprint density at radius 2 is 1.55 bits per heavy atom. The molecule has 5 heterocycles. The van der Waals surface area contributed by atoms with Gasteiger partial charge in [0.25, 0.3) is 0 Å². The van der Waals surface area contributed by atoms with Crippen LogP contribution in [0.3, 0.4) is 0 Å². The van der Waals surface area contributed by atoms with Crippen molar-refractivity contribution in [3.8, 4) is 22.4 Å². The number of benzene rings is 3. The number of ether oxygens (including phenoxy) is 2. The molecule has 336 valence electrons. The van der Waals surface area contributed by atoms with E-state index < -0.39 is 34.1 Å². The van der Waals surface area contributed by atoms with Crippen molar-refractivity contribution in [3.05, 3.63) is 72.4 Å². The Hall–Kier alpha value is -6.01. The highest BCUT2D eigenvalue weighted by molar-refractivity contribution is 7.90. The van der Waals surface area contributed by atoms with Crippen molar-refractivity contribution in [1.82, 2.24) is 40.4 Å². The number of thiophene rings is 1. The van der Waals surface area contributed by atoms with E-state index in [2.05, 4.69) is 69.1 Å². The fourth-order valence-electron chi connectivity index (χ4n) is 9.95. The average Bonchev–Trinajstić information content (AvgIpc) is 4.14. The van der Waals surface area contributed by atoms with E-state index in [0.29, 0.717) is 18.2 Å². The maximum Gasteiger partial charge on any atom is 0.407 e. The van der Waals surface area contributed by atoms with Gasteiger partial charge in [-0.15, -0.1) is 11.3 Å². The second-order valence-electron chi connectivity index (χ2n) is 17.6. The van der Waals surface area contributed by atoms with Crippen LogP contribution in [0.4, 0.5) is 9.59 Å². The molecular weight excluding hydrogens is 857 g/mol. The normalized spacial score (nSPS) is 20.7. The number of imidazole rings is 2. The zero-order valence-corrected chi connectivity index (χ0v) is 38.0. The second kappa shape index (κ2) is 17.2. The van der Waals surface area contributed by atoms with Gasteiger partial charge in [0, 0.05) is 44.6 Å². The van der Waals surface area contributed by atoms with Gasteiger partial charge in [-0.3, -0.25) is 9.59 Å². The van der Waals surface area contributed by atoms with E-state index in [9.17, 15) is 27.6 Å². The largest absolute Gasteiger partial charge is 0.453 e. The smallest absolute Gasteiger partial charge is 0.407 e. The van der Waals surface area contributed by atoms with Gasteiger partial charge in [-0.25, -0.2) is 28.0 Å². The molecule has 0 radical (unpaired) electrons. The number of carbonyl (C=O) groups excluding carboxylic acids is 4. The number of H-pyrrole nitrogens is 2. The Morgan fingerprint density at radius 3 is 2.27 bits per heavy atom. The van der Waals surface area contributed by atoms with Gasteiger partial charge in [-0.05, 0) is 85.8 Å². The minimum atomic E-state index is -3.39. The van der Waals surface area contributed by atoms with Crippen LogP contribution in [0.15, 0.2) is 60.8 Å². The summed E-state index contributed by atoms with van der Waals surface area (Å²) >= 11 is 1.72. The summed E-state index contributed by atoms with van der Waals surface area (Å²) < 4.78 is 35.9. The molecule has 64 heavy (non-hydrogen) atoms. The van der Waals surface area contributed by atoms with Crippen LogP contribution in [-0.4, -0.2) is 113 Å². The number of nitrogens with zero attached hydrogens (tertiary/aromatic N) is 4. The summed E-state index contributed by atoms with van der Waals surface area (Å²) in [5.41, 5.74) is 5.52. The third kappa shape index (κ3) is 8.28. The van der Waals surface area contributed by atoms with Crippen LogP contribution in [0.5, 0.6) is 0 Å². The number of piperidine rings is 1. The van der Waals surface area contributed by atoms with Crippen LogP contribution in [0.1, 0.15) is 76.1 Å². The highest BCUT2D eigenvalue weighted by Gasteiger charge is 2.51.